The monoisotopic (exact) mass is 381 g/mol. The molecule has 1 aliphatic heterocycles. The Morgan fingerprint density at radius 2 is 1.89 bits per heavy atom. The average Bonchev–Trinajstić information content (AvgIpc) is 3.09. The zero-order valence-corrected chi connectivity index (χ0v) is 16.8. The van der Waals surface area contributed by atoms with Crippen LogP contribution in [0.2, 0.25) is 0 Å². The Morgan fingerprint density at radius 1 is 1.25 bits per heavy atom. The molecule has 0 unspecified atom stereocenters. The zero-order valence-electron chi connectivity index (χ0n) is 16.8. The molecule has 7 nitrogen and oxygen atoms in total. The van der Waals surface area contributed by atoms with Crippen molar-refractivity contribution in [3.8, 4) is 0 Å². The molecule has 1 aromatic carbocycles. The van der Waals surface area contributed by atoms with Gasteiger partial charge < -0.3 is 15.1 Å². The number of carbonyl (C=O) groups excluding carboxylic acids is 2. The van der Waals surface area contributed by atoms with Crippen LogP contribution in [0.15, 0.2) is 36.7 Å². The molecular formula is C21H27N5O2. The van der Waals surface area contributed by atoms with Crippen molar-refractivity contribution in [2.45, 2.75) is 32.7 Å². The highest BCUT2D eigenvalue weighted by atomic mass is 16.2. The van der Waals surface area contributed by atoms with E-state index in [1.807, 2.05) is 24.3 Å². The maximum Gasteiger partial charge on any atom is 0.228 e. The minimum Gasteiger partial charge on any atom is -0.357 e. The summed E-state index contributed by atoms with van der Waals surface area (Å²) in [4.78, 5) is 37.0. The molecular weight excluding hydrogens is 354 g/mol. The van der Waals surface area contributed by atoms with Crippen molar-refractivity contribution < 1.29 is 9.59 Å². The van der Waals surface area contributed by atoms with Gasteiger partial charge in [-0.1, -0.05) is 26.0 Å². The van der Waals surface area contributed by atoms with Crippen molar-refractivity contribution >= 4 is 23.5 Å². The van der Waals surface area contributed by atoms with E-state index < -0.39 is 0 Å². The van der Waals surface area contributed by atoms with Crippen LogP contribution in [0.5, 0.6) is 0 Å². The van der Waals surface area contributed by atoms with Crippen LogP contribution in [-0.2, 0) is 16.1 Å². The molecule has 1 saturated heterocycles. The number of nitrogens with one attached hydrogen (secondary N) is 1. The van der Waals surface area contributed by atoms with Gasteiger partial charge in [0, 0.05) is 57.3 Å². The molecule has 7 heteroatoms. The van der Waals surface area contributed by atoms with E-state index in [9.17, 15) is 9.59 Å². The van der Waals surface area contributed by atoms with Crippen molar-refractivity contribution in [1.29, 1.82) is 0 Å². The molecule has 0 radical (unpaired) electrons. The average molecular weight is 381 g/mol. The summed E-state index contributed by atoms with van der Waals surface area (Å²) < 4.78 is 0. The minimum absolute atomic E-state index is 0.00856. The van der Waals surface area contributed by atoms with Gasteiger partial charge >= 0.3 is 0 Å². The van der Waals surface area contributed by atoms with Crippen molar-refractivity contribution in [2.24, 2.45) is 5.92 Å². The Labute approximate surface area is 165 Å². The van der Waals surface area contributed by atoms with Crippen LogP contribution in [0.25, 0.3) is 0 Å². The molecule has 0 bridgehead atoms. The Morgan fingerprint density at radius 3 is 2.46 bits per heavy atom. The van der Waals surface area contributed by atoms with Crippen LogP contribution in [0.4, 0.5) is 11.6 Å². The Bertz CT molecular complexity index is 833. The third-order valence-corrected chi connectivity index (χ3v) is 5.07. The summed E-state index contributed by atoms with van der Waals surface area (Å²) >= 11 is 0. The van der Waals surface area contributed by atoms with Crippen LogP contribution in [-0.4, -0.2) is 47.3 Å². The standard InChI is InChI=1S/C21H27N5O2/c1-14(2)16-5-7-18(8-6-16)26-13-17(9-19(26)27)20(28)25(4)12-15-10-23-21(22-3)24-11-15/h5-8,10-11,14,17H,9,12-13H2,1-4H3,(H,22,23,24)/t17-/m1/s1. The maximum atomic E-state index is 12.8. The predicted molar refractivity (Wildman–Crippen MR) is 109 cm³/mol. The molecule has 2 heterocycles. The first-order valence-electron chi connectivity index (χ1n) is 9.53. The lowest BCUT2D eigenvalue weighted by molar-refractivity contribution is -0.135. The molecule has 28 heavy (non-hydrogen) atoms. The van der Waals surface area contributed by atoms with Gasteiger partial charge in [0.1, 0.15) is 0 Å². The number of hydrogen-bond acceptors (Lipinski definition) is 5. The van der Waals surface area contributed by atoms with E-state index in [1.54, 1.807) is 36.3 Å². The first-order chi connectivity index (χ1) is 13.4. The number of amides is 2. The van der Waals surface area contributed by atoms with Gasteiger partial charge in [-0.3, -0.25) is 9.59 Å². The Hall–Kier alpha value is -2.96. The van der Waals surface area contributed by atoms with E-state index >= 15 is 0 Å². The summed E-state index contributed by atoms with van der Waals surface area (Å²) in [5, 5.41) is 2.86. The topological polar surface area (TPSA) is 78.4 Å². The third-order valence-electron chi connectivity index (χ3n) is 5.07. The zero-order chi connectivity index (χ0) is 20.3. The molecule has 0 spiro atoms. The highest BCUT2D eigenvalue weighted by Crippen LogP contribution is 2.28. The lowest BCUT2D eigenvalue weighted by atomic mass is 10.0. The van der Waals surface area contributed by atoms with Crippen molar-refractivity contribution in [3.05, 3.63) is 47.8 Å². The van der Waals surface area contributed by atoms with Gasteiger partial charge in [-0.25, -0.2) is 9.97 Å². The van der Waals surface area contributed by atoms with Crippen LogP contribution >= 0.6 is 0 Å². The van der Waals surface area contributed by atoms with Gasteiger partial charge in [0.25, 0.3) is 0 Å². The molecule has 1 fully saturated rings. The van der Waals surface area contributed by atoms with E-state index in [-0.39, 0.29) is 24.2 Å². The third kappa shape index (κ3) is 4.30. The van der Waals surface area contributed by atoms with Crippen molar-refractivity contribution in [2.75, 3.05) is 30.9 Å². The van der Waals surface area contributed by atoms with Crippen molar-refractivity contribution in [1.82, 2.24) is 14.9 Å². The largest absolute Gasteiger partial charge is 0.357 e. The molecule has 0 saturated carbocycles. The van der Waals surface area contributed by atoms with Gasteiger partial charge in [0.15, 0.2) is 0 Å². The van der Waals surface area contributed by atoms with E-state index in [0.717, 1.165) is 11.3 Å². The number of hydrogen-bond donors (Lipinski definition) is 1. The summed E-state index contributed by atoms with van der Waals surface area (Å²) in [5.41, 5.74) is 2.93. The highest BCUT2D eigenvalue weighted by Gasteiger charge is 2.36. The molecule has 1 aliphatic rings. The summed E-state index contributed by atoms with van der Waals surface area (Å²) in [7, 11) is 3.50. The number of aromatic nitrogens is 2. The number of carbonyl (C=O) groups is 2. The van der Waals surface area contributed by atoms with E-state index in [2.05, 4.69) is 29.1 Å². The van der Waals surface area contributed by atoms with E-state index in [4.69, 9.17) is 0 Å². The number of nitrogens with zero attached hydrogens (tertiary/aromatic N) is 4. The fourth-order valence-corrected chi connectivity index (χ4v) is 3.39. The number of benzene rings is 1. The number of rotatable bonds is 6. The predicted octanol–water partition coefficient (Wildman–Crippen LogP) is 2.65. The molecule has 2 aromatic rings. The first-order valence-corrected chi connectivity index (χ1v) is 9.53. The molecule has 1 N–H and O–H groups in total. The second-order valence-corrected chi connectivity index (χ2v) is 7.51. The van der Waals surface area contributed by atoms with E-state index in [1.165, 1.54) is 5.56 Å². The summed E-state index contributed by atoms with van der Waals surface area (Å²) in [6, 6.07) is 8.02. The number of anilines is 2. The van der Waals surface area contributed by atoms with Crippen LogP contribution in [0, 0.1) is 5.92 Å². The molecule has 0 aliphatic carbocycles. The second kappa shape index (κ2) is 8.37. The highest BCUT2D eigenvalue weighted by molar-refractivity contribution is 6.00. The fourth-order valence-electron chi connectivity index (χ4n) is 3.39. The quantitative estimate of drug-likeness (QED) is 0.832. The summed E-state index contributed by atoms with van der Waals surface area (Å²) in [6.45, 7) is 5.10. The van der Waals surface area contributed by atoms with Gasteiger partial charge in [0.05, 0.1) is 5.92 Å². The molecule has 2 amide bonds. The first kappa shape index (κ1) is 19.8. The molecule has 148 valence electrons. The van der Waals surface area contributed by atoms with Gasteiger partial charge in [0.2, 0.25) is 17.8 Å². The van der Waals surface area contributed by atoms with Crippen LogP contribution in [0.3, 0.4) is 0 Å². The van der Waals surface area contributed by atoms with Gasteiger partial charge in [-0.05, 0) is 23.6 Å². The Balaban J connectivity index is 1.63. The van der Waals surface area contributed by atoms with Gasteiger partial charge in [-0.2, -0.15) is 0 Å². The van der Waals surface area contributed by atoms with Crippen molar-refractivity contribution in [3.63, 3.8) is 0 Å². The van der Waals surface area contributed by atoms with E-state index in [0.29, 0.717) is 25.0 Å². The Kier molecular flexibility index (Phi) is 5.92. The fraction of sp³-hybridized carbons (Fsp3) is 0.429. The van der Waals surface area contributed by atoms with Crippen LogP contribution in [0.1, 0.15) is 37.3 Å². The lowest BCUT2D eigenvalue weighted by Crippen LogP contribution is -2.34. The normalized spacial score (nSPS) is 16.5. The van der Waals surface area contributed by atoms with Crippen LogP contribution < -0.4 is 10.2 Å². The second-order valence-electron chi connectivity index (χ2n) is 7.51. The molecule has 1 aromatic heterocycles. The smallest absolute Gasteiger partial charge is 0.228 e. The maximum absolute atomic E-state index is 12.8. The van der Waals surface area contributed by atoms with Gasteiger partial charge in [-0.15, -0.1) is 0 Å². The molecule has 1 atom stereocenters. The SMILES string of the molecule is CNc1ncc(CN(C)C(=O)[C@@H]2CC(=O)N(c3ccc(C(C)C)cc3)C2)cn1. The summed E-state index contributed by atoms with van der Waals surface area (Å²) in [5.74, 6) is 0.605. The summed E-state index contributed by atoms with van der Waals surface area (Å²) in [6.07, 6.45) is 3.64. The molecule has 3 rings (SSSR count). The lowest BCUT2D eigenvalue weighted by Gasteiger charge is -2.21. The minimum atomic E-state index is -0.334.